The first kappa shape index (κ1) is 13.4. The van der Waals surface area contributed by atoms with Gasteiger partial charge in [-0.05, 0) is 49.4 Å². The second kappa shape index (κ2) is 6.23. The number of nitrogens with one attached hydrogen (secondary N) is 2. The number of halogens is 1. The molecule has 4 heteroatoms. The number of anilines is 1. The molecule has 1 aliphatic heterocycles. The van der Waals surface area contributed by atoms with Gasteiger partial charge < -0.3 is 10.6 Å². The fraction of sp³-hybridized carbons (Fsp3) is 0.500. The molecule has 1 atom stereocenters. The van der Waals surface area contributed by atoms with Crippen LogP contribution in [0.25, 0.3) is 0 Å². The monoisotopic (exact) mass is 310 g/mol. The first-order valence-electron chi connectivity index (χ1n) is 6.53. The summed E-state index contributed by atoms with van der Waals surface area (Å²) in [6.45, 7) is 2.93. The molecule has 1 aromatic carbocycles. The van der Waals surface area contributed by atoms with E-state index >= 15 is 0 Å². The molecular formula is C14H19BrN2O. The van der Waals surface area contributed by atoms with Crippen LogP contribution in [-0.2, 0) is 11.2 Å². The molecule has 1 saturated heterocycles. The Hall–Kier alpha value is -1.03. The van der Waals surface area contributed by atoms with Gasteiger partial charge in [-0.3, -0.25) is 4.79 Å². The average molecular weight is 311 g/mol. The van der Waals surface area contributed by atoms with E-state index in [-0.39, 0.29) is 11.9 Å². The number of benzene rings is 1. The highest BCUT2D eigenvalue weighted by atomic mass is 79.9. The van der Waals surface area contributed by atoms with Crippen LogP contribution < -0.4 is 10.6 Å². The molecule has 0 bridgehead atoms. The quantitative estimate of drug-likeness (QED) is 0.900. The van der Waals surface area contributed by atoms with Crippen LogP contribution in [-0.4, -0.2) is 18.5 Å². The molecule has 0 saturated carbocycles. The van der Waals surface area contributed by atoms with E-state index in [9.17, 15) is 4.79 Å². The van der Waals surface area contributed by atoms with Crippen molar-refractivity contribution in [3.8, 4) is 0 Å². The Kier molecular flexibility index (Phi) is 4.64. The lowest BCUT2D eigenvalue weighted by Gasteiger charge is -2.19. The predicted molar refractivity (Wildman–Crippen MR) is 77.8 cm³/mol. The SMILES string of the molecule is CCc1cc(Br)ccc1NC1CCCCNC1=O. The van der Waals surface area contributed by atoms with E-state index in [1.54, 1.807) is 0 Å². The van der Waals surface area contributed by atoms with Crippen LogP contribution in [0.15, 0.2) is 22.7 Å². The third-order valence-electron chi connectivity index (χ3n) is 3.31. The van der Waals surface area contributed by atoms with Gasteiger partial charge >= 0.3 is 0 Å². The number of amides is 1. The Morgan fingerprint density at radius 2 is 2.28 bits per heavy atom. The van der Waals surface area contributed by atoms with Crippen LogP contribution in [0.5, 0.6) is 0 Å². The molecule has 98 valence electrons. The van der Waals surface area contributed by atoms with Crippen LogP contribution in [0.1, 0.15) is 31.7 Å². The summed E-state index contributed by atoms with van der Waals surface area (Å²) < 4.78 is 1.08. The van der Waals surface area contributed by atoms with Crippen molar-refractivity contribution in [3.05, 3.63) is 28.2 Å². The third kappa shape index (κ3) is 3.25. The summed E-state index contributed by atoms with van der Waals surface area (Å²) in [5.74, 6) is 0.123. The molecule has 0 radical (unpaired) electrons. The number of carbonyl (C=O) groups is 1. The molecule has 1 amide bonds. The van der Waals surface area contributed by atoms with Crippen molar-refractivity contribution in [2.45, 2.75) is 38.6 Å². The van der Waals surface area contributed by atoms with E-state index in [2.05, 4.69) is 39.6 Å². The van der Waals surface area contributed by atoms with Gasteiger partial charge in [0.2, 0.25) is 5.91 Å². The van der Waals surface area contributed by atoms with Gasteiger partial charge in [0.15, 0.2) is 0 Å². The zero-order valence-electron chi connectivity index (χ0n) is 10.6. The van der Waals surface area contributed by atoms with Gasteiger partial charge in [-0.1, -0.05) is 22.9 Å². The molecule has 0 spiro atoms. The second-order valence-corrected chi connectivity index (χ2v) is 5.55. The maximum absolute atomic E-state index is 11.9. The zero-order valence-corrected chi connectivity index (χ0v) is 12.2. The molecule has 0 aliphatic carbocycles. The van der Waals surface area contributed by atoms with E-state index in [0.717, 1.165) is 42.4 Å². The Labute approximate surface area is 116 Å². The van der Waals surface area contributed by atoms with Crippen molar-refractivity contribution in [1.29, 1.82) is 0 Å². The lowest BCUT2D eigenvalue weighted by atomic mass is 10.1. The molecule has 1 heterocycles. The van der Waals surface area contributed by atoms with Crippen molar-refractivity contribution in [2.75, 3.05) is 11.9 Å². The van der Waals surface area contributed by atoms with Gasteiger partial charge in [0.25, 0.3) is 0 Å². The van der Waals surface area contributed by atoms with Gasteiger partial charge in [0, 0.05) is 16.7 Å². The molecule has 0 aromatic heterocycles. The van der Waals surface area contributed by atoms with E-state index in [1.807, 2.05) is 12.1 Å². The van der Waals surface area contributed by atoms with Crippen molar-refractivity contribution in [2.24, 2.45) is 0 Å². The van der Waals surface area contributed by atoms with Gasteiger partial charge in [-0.2, -0.15) is 0 Å². The normalized spacial score (nSPS) is 20.1. The van der Waals surface area contributed by atoms with Gasteiger partial charge in [0.1, 0.15) is 6.04 Å². The molecule has 3 nitrogen and oxygen atoms in total. The van der Waals surface area contributed by atoms with Crippen LogP contribution >= 0.6 is 15.9 Å². The van der Waals surface area contributed by atoms with Crippen molar-refractivity contribution < 1.29 is 4.79 Å². The molecule has 2 N–H and O–H groups in total. The van der Waals surface area contributed by atoms with Crippen LogP contribution in [0.3, 0.4) is 0 Å². The largest absolute Gasteiger partial charge is 0.373 e. The maximum Gasteiger partial charge on any atom is 0.242 e. The smallest absolute Gasteiger partial charge is 0.242 e. The highest BCUT2D eigenvalue weighted by Gasteiger charge is 2.20. The minimum Gasteiger partial charge on any atom is -0.373 e. The van der Waals surface area contributed by atoms with Crippen molar-refractivity contribution in [3.63, 3.8) is 0 Å². The van der Waals surface area contributed by atoms with Crippen LogP contribution in [0.4, 0.5) is 5.69 Å². The number of hydrogen-bond acceptors (Lipinski definition) is 2. The van der Waals surface area contributed by atoms with Crippen molar-refractivity contribution >= 4 is 27.5 Å². The third-order valence-corrected chi connectivity index (χ3v) is 3.81. The fourth-order valence-electron chi connectivity index (χ4n) is 2.26. The summed E-state index contributed by atoms with van der Waals surface area (Å²) in [6.07, 6.45) is 4.03. The molecular weight excluding hydrogens is 292 g/mol. The Balaban J connectivity index is 2.14. The number of aryl methyl sites for hydroxylation is 1. The second-order valence-electron chi connectivity index (χ2n) is 4.64. The minimum absolute atomic E-state index is 0.0982. The van der Waals surface area contributed by atoms with Gasteiger partial charge in [0.05, 0.1) is 0 Å². The van der Waals surface area contributed by atoms with Crippen molar-refractivity contribution in [1.82, 2.24) is 5.32 Å². The fourth-order valence-corrected chi connectivity index (χ4v) is 2.67. The molecule has 1 aliphatic rings. The number of rotatable bonds is 3. The average Bonchev–Trinajstić information content (AvgIpc) is 2.57. The van der Waals surface area contributed by atoms with E-state index < -0.39 is 0 Å². The van der Waals surface area contributed by atoms with Crippen LogP contribution in [0, 0.1) is 0 Å². The summed E-state index contributed by atoms with van der Waals surface area (Å²) in [4.78, 5) is 11.9. The highest BCUT2D eigenvalue weighted by Crippen LogP contribution is 2.23. The predicted octanol–water partition coefficient (Wildman–Crippen LogP) is 3.09. The summed E-state index contributed by atoms with van der Waals surface area (Å²) in [5.41, 5.74) is 2.31. The first-order valence-corrected chi connectivity index (χ1v) is 7.32. The number of carbonyl (C=O) groups excluding carboxylic acids is 1. The molecule has 1 fully saturated rings. The summed E-state index contributed by atoms with van der Waals surface area (Å²) in [7, 11) is 0. The van der Waals surface area contributed by atoms with E-state index in [1.165, 1.54) is 5.56 Å². The summed E-state index contributed by atoms with van der Waals surface area (Å²) in [5, 5.41) is 6.34. The van der Waals surface area contributed by atoms with E-state index in [0.29, 0.717) is 0 Å². The Bertz CT molecular complexity index is 434. The molecule has 2 rings (SSSR count). The molecule has 1 unspecified atom stereocenters. The van der Waals surface area contributed by atoms with E-state index in [4.69, 9.17) is 0 Å². The maximum atomic E-state index is 11.9. The first-order chi connectivity index (χ1) is 8.70. The lowest BCUT2D eigenvalue weighted by Crippen LogP contribution is -2.38. The summed E-state index contributed by atoms with van der Waals surface area (Å²) >= 11 is 3.48. The van der Waals surface area contributed by atoms with Gasteiger partial charge in [-0.25, -0.2) is 0 Å². The summed E-state index contributed by atoms with van der Waals surface area (Å²) in [6, 6.07) is 6.06. The highest BCUT2D eigenvalue weighted by molar-refractivity contribution is 9.10. The minimum atomic E-state index is -0.0982. The Morgan fingerprint density at radius 3 is 3.06 bits per heavy atom. The molecule has 1 aromatic rings. The van der Waals surface area contributed by atoms with Gasteiger partial charge in [-0.15, -0.1) is 0 Å². The topological polar surface area (TPSA) is 41.1 Å². The standard InChI is InChI=1S/C14H19BrN2O/c1-2-10-9-11(15)6-7-12(10)17-13-5-3-4-8-16-14(13)18/h6-7,9,13,17H,2-5,8H2,1H3,(H,16,18). The number of hydrogen-bond donors (Lipinski definition) is 2. The molecule has 18 heavy (non-hydrogen) atoms. The lowest BCUT2D eigenvalue weighted by molar-refractivity contribution is -0.121. The Morgan fingerprint density at radius 1 is 1.44 bits per heavy atom. The zero-order chi connectivity index (χ0) is 13.0. The van der Waals surface area contributed by atoms with Crippen LogP contribution in [0.2, 0.25) is 0 Å².